The Kier molecular flexibility index (Phi) is 4.56. The molecule has 0 aliphatic rings. The molecule has 1 amide bonds. The number of carbonyl (C=O) groups excluding carboxylic acids is 1. The molecule has 1 N–H and O–H groups in total. The fourth-order valence-corrected chi connectivity index (χ4v) is 2.28. The smallest absolute Gasteiger partial charge is 0.224 e. The Labute approximate surface area is 114 Å². The van der Waals surface area contributed by atoms with E-state index in [2.05, 4.69) is 36.5 Å². The molecule has 0 aliphatic carbocycles. The van der Waals surface area contributed by atoms with E-state index in [1.807, 2.05) is 19.1 Å². The summed E-state index contributed by atoms with van der Waals surface area (Å²) in [6, 6.07) is 12.3. The predicted octanol–water partition coefficient (Wildman–Crippen LogP) is 4.67. The summed E-state index contributed by atoms with van der Waals surface area (Å²) >= 11 is 0. The molecule has 0 atom stereocenters. The van der Waals surface area contributed by atoms with Gasteiger partial charge < -0.3 is 5.32 Å². The molecule has 0 saturated carbocycles. The Bertz CT molecular complexity index is 574. The highest BCUT2D eigenvalue weighted by atomic mass is 16.1. The van der Waals surface area contributed by atoms with Crippen molar-refractivity contribution in [3.05, 3.63) is 42.0 Å². The number of fused-ring (bicyclic) bond motifs is 1. The predicted molar refractivity (Wildman–Crippen MR) is 81.5 cm³/mol. The fourth-order valence-electron chi connectivity index (χ4n) is 2.28. The van der Waals surface area contributed by atoms with Gasteiger partial charge in [-0.15, -0.1) is 0 Å². The van der Waals surface area contributed by atoms with Crippen LogP contribution in [0.2, 0.25) is 0 Å². The number of aryl methyl sites for hydroxylation is 1. The monoisotopic (exact) mass is 255 g/mol. The van der Waals surface area contributed by atoms with Crippen molar-refractivity contribution in [3.8, 4) is 0 Å². The van der Waals surface area contributed by atoms with Crippen molar-refractivity contribution < 1.29 is 4.79 Å². The van der Waals surface area contributed by atoms with Crippen LogP contribution in [0.1, 0.15) is 38.2 Å². The normalized spacial score (nSPS) is 10.6. The van der Waals surface area contributed by atoms with E-state index in [1.54, 1.807) is 0 Å². The van der Waals surface area contributed by atoms with Crippen LogP contribution in [-0.2, 0) is 4.79 Å². The van der Waals surface area contributed by atoms with Crippen molar-refractivity contribution in [2.75, 3.05) is 5.32 Å². The molecule has 2 rings (SSSR count). The van der Waals surface area contributed by atoms with Gasteiger partial charge in [0.2, 0.25) is 5.91 Å². The van der Waals surface area contributed by atoms with Crippen LogP contribution in [0.5, 0.6) is 0 Å². The summed E-state index contributed by atoms with van der Waals surface area (Å²) in [5.74, 6) is 0.118. The lowest BCUT2D eigenvalue weighted by atomic mass is 10.0. The van der Waals surface area contributed by atoms with Gasteiger partial charge in [-0.05, 0) is 24.3 Å². The number of rotatable bonds is 5. The molecule has 0 radical (unpaired) electrons. The van der Waals surface area contributed by atoms with Crippen LogP contribution in [0.15, 0.2) is 36.4 Å². The summed E-state index contributed by atoms with van der Waals surface area (Å²) in [5, 5.41) is 5.35. The summed E-state index contributed by atoms with van der Waals surface area (Å²) < 4.78 is 0. The highest BCUT2D eigenvalue weighted by Crippen LogP contribution is 2.27. The maximum absolute atomic E-state index is 12.0. The lowest BCUT2D eigenvalue weighted by Crippen LogP contribution is -2.12. The number of hydrogen-bond donors (Lipinski definition) is 1. The van der Waals surface area contributed by atoms with E-state index in [4.69, 9.17) is 0 Å². The molecule has 100 valence electrons. The van der Waals surface area contributed by atoms with E-state index in [0.29, 0.717) is 6.42 Å². The Hall–Kier alpha value is -1.83. The van der Waals surface area contributed by atoms with Crippen molar-refractivity contribution in [1.82, 2.24) is 0 Å². The zero-order chi connectivity index (χ0) is 13.7. The van der Waals surface area contributed by atoms with Gasteiger partial charge in [0, 0.05) is 11.8 Å². The maximum Gasteiger partial charge on any atom is 0.224 e. The summed E-state index contributed by atoms with van der Waals surface area (Å²) in [5.41, 5.74) is 2.07. The minimum Gasteiger partial charge on any atom is -0.325 e. The Morgan fingerprint density at radius 3 is 2.68 bits per heavy atom. The molecular weight excluding hydrogens is 234 g/mol. The van der Waals surface area contributed by atoms with Gasteiger partial charge in [0.1, 0.15) is 0 Å². The van der Waals surface area contributed by atoms with Gasteiger partial charge in [-0.25, -0.2) is 0 Å². The summed E-state index contributed by atoms with van der Waals surface area (Å²) in [6.45, 7) is 4.18. The van der Waals surface area contributed by atoms with Crippen molar-refractivity contribution in [3.63, 3.8) is 0 Å². The molecule has 0 aromatic heterocycles. The van der Waals surface area contributed by atoms with E-state index in [1.165, 1.54) is 0 Å². The first-order chi connectivity index (χ1) is 9.22. The van der Waals surface area contributed by atoms with E-state index in [0.717, 1.165) is 41.3 Å². The van der Waals surface area contributed by atoms with Crippen molar-refractivity contribution >= 4 is 22.4 Å². The van der Waals surface area contributed by atoms with Crippen LogP contribution in [0.25, 0.3) is 10.8 Å². The average Bonchev–Trinajstić information content (AvgIpc) is 2.42. The minimum absolute atomic E-state index is 0.118. The van der Waals surface area contributed by atoms with Gasteiger partial charge >= 0.3 is 0 Å². The molecule has 2 nitrogen and oxygen atoms in total. The molecule has 2 heteroatoms. The van der Waals surface area contributed by atoms with Crippen LogP contribution >= 0.6 is 0 Å². The van der Waals surface area contributed by atoms with Gasteiger partial charge in [0.15, 0.2) is 0 Å². The second-order valence-corrected chi connectivity index (χ2v) is 4.98. The molecule has 0 spiro atoms. The highest BCUT2D eigenvalue weighted by Gasteiger charge is 2.08. The van der Waals surface area contributed by atoms with Crippen molar-refractivity contribution in [2.24, 2.45) is 0 Å². The highest BCUT2D eigenvalue weighted by molar-refractivity contribution is 6.03. The van der Waals surface area contributed by atoms with E-state index >= 15 is 0 Å². The molecule has 2 aromatic rings. The third kappa shape index (κ3) is 3.34. The lowest BCUT2D eigenvalue weighted by Gasteiger charge is -2.12. The Balaban J connectivity index is 2.19. The zero-order valence-electron chi connectivity index (χ0n) is 11.7. The van der Waals surface area contributed by atoms with Gasteiger partial charge in [-0.2, -0.15) is 0 Å². The number of carbonyl (C=O) groups is 1. The first kappa shape index (κ1) is 13.6. The van der Waals surface area contributed by atoms with E-state index in [9.17, 15) is 4.79 Å². The molecule has 0 saturated heterocycles. The zero-order valence-corrected chi connectivity index (χ0v) is 11.7. The van der Waals surface area contributed by atoms with E-state index in [-0.39, 0.29) is 5.91 Å². The Morgan fingerprint density at radius 2 is 1.89 bits per heavy atom. The van der Waals surface area contributed by atoms with Gasteiger partial charge in [0.25, 0.3) is 0 Å². The first-order valence-electron chi connectivity index (χ1n) is 7.00. The number of hydrogen-bond acceptors (Lipinski definition) is 1. The topological polar surface area (TPSA) is 29.1 Å². The summed E-state index contributed by atoms with van der Waals surface area (Å²) in [4.78, 5) is 12.0. The van der Waals surface area contributed by atoms with Gasteiger partial charge in [-0.3, -0.25) is 4.79 Å². The number of nitrogens with one attached hydrogen (secondary N) is 1. The molecule has 0 aliphatic heterocycles. The molecule has 0 unspecified atom stereocenters. The molecule has 0 heterocycles. The number of unbranched alkanes of at least 4 members (excludes halogenated alkanes) is 2. The van der Waals surface area contributed by atoms with Crippen LogP contribution in [0, 0.1) is 6.92 Å². The minimum atomic E-state index is 0.118. The molecule has 2 aromatic carbocycles. The van der Waals surface area contributed by atoms with Crippen LogP contribution in [0.3, 0.4) is 0 Å². The number of anilines is 1. The third-order valence-electron chi connectivity index (χ3n) is 3.41. The summed E-state index contributed by atoms with van der Waals surface area (Å²) in [6.07, 6.45) is 3.82. The maximum atomic E-state index is 12.0. The van der Waals surface area contributed by atoms with Crippen molar-refractivity contribution in [1.29, 1.82) is 0 Å². The number of benzene rings is 2. The second kappa shape index (κ2) is 6.37. The molecule has 0 fully saturated rings. The lowest BCUT2D eigenvalue weighted by molar-refractivity contribution is -0.116. The first-order valence-corrected chi connectivity index (χ1v) is 7.00. The van der Waals surface area contributed by atoms with Crippen LogP contribution in [0.4, 0.5) is 5.69 Å². The quantitative estimate of drug-likeness (QED) is 0.773. The fraction of sp³-hybridized carbons (Fsp3) is 0.353. The van der Waals surface area contributed by atoms with Crippen LogP contribution < -0.4 is 5.32 Å². The standard InChI is InChI=1S/C17H21NO/c1-3-4-5-10-16(19)18-17-13(2)11-12-14-8-6-7-9-15(14)17/h6-9,11-12H,3-5,10H2,1-2H3,(H,18,19). The third-order valence-corrected chi connectivity index (χ3v) is 3.41. The molecule has 0 bridgehead atoms. The molecular formula is C17H21NO. The summed E-state index contributed by atoms with van der Waals surface area (Å²) in [7, 11) is 0. The average molecular weight is 255 g/mol. The number of amides is 1. The van der Waals surface area contributed by atoms with Crippen molar-refractivity contribution in [2.45, 2.75) is 39.5 Å². The molecule has 19 heavy (non-hydrogen) atoms. The van der Waals surface area contributed by atoms with Crippen LogP contribution in [-0.4, -0.2) is 5.91 Å². The second-order valence-electron chi connectivity index (χ2n) is 4.98. The largest absolute Gasteiger partial charge is 0.325 e. The van der Waals surface area contributed by atoms with Gasteiger partial charge in [-0.1, -0.05) is 56.2 Å². The van der Waals surface area contributed by atoms with Gasteiger partial charge in [0.05, 0.1) is 5.69 Å². The van der Waals surface area contributed by atoms with E-state index < -0.39 is 0 Å². The SMILES string of the molecule is CCCCCC(=O)Nc1c(C)ccc2ccccc12. The Morgan fingerprint density at radius 1 is 1.11 bits per heavy atom.